The predicted molar refractivity (Wildman–Crippen MR) is 307 cm³/mol. The van der Waals surface area contributed by atoms with Crippen molar-refractivity contribution in [1.82, 2.24) is 0 Å². The number of esters is 3. The first-order valence-electron chi connectivity index (χ1n) is 31.8. The Morgan fingerprint density at radius 2 is 0.535 bits per heavy atom. The number of hydrogen-bond donors (Lipinski definition) is 0. The van der Waals surface area contributed by atoms with E-state index in [0.717, 1.165) is 83.5 Å². The molecule has 0 aromatic rings. The fraction of sp³-hybridized carbons (Fsp3) is 0.892. The molecule has 0 rings (SSSR count). The fourth-order valence-corrected chi connectivity index (χ4v) is 9.66. The minimum atomic E-state index is -0.772. The van der Waals surface area contributed by atoms with Crippen LogP contribution in [0.1, 0.15) is 355 Å². The summed E-state index contributed by atoms with van der Waals surface area (Å²) in [5, 5.41) is 0. The summed E-state index contributed by atoms with van der Waals surface area (Å²) in [6, 6.07) is 0. The molecule has 0 fully saturated rings. The van der Waals surface area contributed by atoms with Gasteiger partial charge in [0.15, 0.2) is 6.10 Å². The van der Waals surface area contributed by atoms with E-state index in [1.165, 1.54) is 231 Å². The Labute approximate surface area is 443 Å². The minimum absolute atomic E-state index is 0.0697. The van der Waals surface area contributed by atoms with Crippen LogP contribution >= 0.6 is 0 Å². The topological polar surface area (TPSA) is 78.9 Å². The summed E-state index contributed by atoms with van der Waals surface area (Å²) >= 11 is 0. The fourth-order valence-electron chi connectivity index (χ4n) is 9.66. The molecule has 0 saturated heterocycles. The molecule has 0 saturated carbocycles. The van der Waals surface area contributed by atoms with Crippen LogP contribution < -0.4 is 0 Å². The quantitative estimate of drug-likeness (QED) is 0.0261. The van der Waals surface area contributed by atoms with Crippen LogP contribution in [0.15, 0.2) is 24.3 Å². The molecule has 0 amide bonds. The maximum atomic E-state index is 12.9. The van der Waals surface area contributed by atoms with Crippen molar-refractivity contribution < 1.29 is 28.6 Å². The molecule has 0 bridgehead atoms. The Kier molecular flexibility index (Phi) is 58.6. The molecule has 0 radical (unpaired) electrons. The van der Waals surface area contributed by atoms with Gasteiger partial charge in [-0.3, -0.25) is 14.4 Å². The molecule has 0 aromatic carbocycles. The summed E-state index contributed by atoms with van der Waals surface area (Å²) in [6.07, 6.45) is 71.9. The van der Waals surface area contributed by atoms with Gasteiger partial charge in [0.05, 0.1) is 0 Å². The standard InChI is InChI=1S/C65H122O6/c1-4-7-10-13-16-19-22-25-27-29-30-31-32-33-34-36-37-40-43-46-49-52-55-58-64(67)70-61-62(60-69-63(66)57-54-51-48-45-42-39-24-21-18-15-12-9-6-3)71-65(68)59-56-53-50-47-44-41-38-35-28-26-23-20-17-14-11-8-5-2/h12,15,21,24,62H,4-11,13-14,16-20,22-23,25-61H2,1-3H3/b15-12-,24-21-. The van der Waals surface area contributed by atoms with E-state index in [0.29, 0.717) is 19.3 Å². The summed E-state index contributed by atoms with van der Waals surface area (Å²) in [6.45, 7) is 6.63. The van der Waals surface area contributed by atoms with E-state index in [4.69, 9.17) is 14.2 Å². The lowest BCUT2D eigenvalue weighted by Crippen LogP contribution is -2.30. The van der Waals surface area contributed by atoms with Crippen LogP contribution in [0.2, 0.25) is 0 Å². The van der Waals surface area contributed by atoms with E-state index in [1.54, 1.807) is 0 Å². The monoisotopic (exact) mass is 999 g/mol. The van der Waals surface area contributed by atoms with Gasteiger partial charge in [-0.1, -0.05) is 315 Å². The molecule has 6 nitrogen and oxygen atoms in total. The van der Waals surface area contributed by atoms with Gasteiger partial charge in [0.1, 0.15) is 13.2 Å². The molecular formula is C65H122O6. The molecule has 0 aliphatic carbocycles. The van der Waals surface area contributed by atoms with E-state index < -0.39 is 6.10 Å². The van der Waals surface area contributed by atoms with Gasteiger partial charge in [-0.25, -0.2) is 0 Å². The summed E-state index contributed by atoms with van der Waals surface area (Å²) < 4.78 is 16.9. The van der Waals surface area contributed by atoms with Gasteiger partial charge in [0.25, 0.3) is 0 Å². The predicted octanol–water partition coefficient (Wildman–Crippen LogP) is 21.4. The largest absolute Gasteiger partial charge is 0.462 e. The second-order valence-electron chi connectivity index (χ2n) is 21.7. The summed E-state index contributed by atoms with van der Waals surface area (Å²) in [4.78, 5) is 38.2. The number of carbonyl (C=O) groups excluding carboxylic acids is 3. The van der Waals surface area contributed by atoms with Gasteiger partial charge in [-0.15, -0.1) is 0 Å². The van der Waals surface area contributed by atoms with Crippen molar-refractivity contribution in [3.8, 4) is 0 Å². The number of unbranched alkanes of at least 4 members (excludes halogenated alkanes) is 44. The molecule has 0 aliphatic rings. The summed E-state index contributed by atoms with van der Waals surface area (Å²) in [7, 11) is 0. The van der Waals surface area contributed by atoms with Crippen molar-refractivity contribution in [2.24, 2.45) is 0 Å². The van der Waals surface area contributed by atoms with Crippen molar-refractivity contribution in [1.29, 1.82) is 0 Å². The van der Waals surface area contributed by atoms with E-state index in [2.05, 4.69) is 45.1 Å². The average molecular weight is 1000 g/mol. The van der Waals surface area contributed by atoms with Crippen LogP contribution in [0, 0.1) is 0 Å². The highest BCUT2D eigenvalue weighted by Crippen LogP contribution is 2.18. The number of rotatable bonds is 59. The first-order chi connectivity index (χ1) is 35.0. The van der Waals surface area contributed by atoms with Gasteiger partial charge in [0, 0.05) is 19.3 Å². The maximum absolute atomic E-state index is 12.9. The zero-order chi connectivity index (χ0) is 51.4. The highest BCUT2D eigenvalue weighted by Gasteiger charge is 2.19. The second-order valence-corrected chi connectivity index (χ2v) is 21.7. The third-order valence-electron chi connectivity index (χ3n) is 14.4. The molecule has 0 N–H and O–H groups in total. The van der Waals surface area contributed by atoms with Crippen LogP contribution in [0.4, 0.5) is 0 Å². The van der Waals surface area contributed by atoms with Gasteiger partial charge < -0.3 is 14.2 Å². The van der Waals surface area contributed by atoms with E-state index >= 15 is 0 Å². The van der Waals surface area contributed by atoms with Crippen LogP contribution in [0.3, 0.4) is 0 Å². The number of allylic oxidation sites excluding steroid dienone is 4. The van der Waals surface area contributed by atoms with E-state index in [9.17, 15) is 14.4 Å². The molecule has 71 heavy (non-hydrogen) atoms. The maximum Gasteiger partial charge on any atom is 0.306 e. The van der Waals surface area contributed by atoms with Crippen LogP contribution in [0.5, 0.6) is 0 Å². The van der Waals surface area contributed by atoms with E-state index in [1.807, 2.05) is 0 Å². The molecule has 0 spiro atoms. The highest BCUT2D eigenvalue weighted by atomic mass is 16.6. The Bertz CT molecular complexity index is 1150. The lowest BCUT2D eigenvalue weighted by Gasteiger charge is -2.18. The van der Waals surface area contributed by atoms with E-state index in [-0.39, 0.29) is 31.1 Å². The third-order valence-corrected chi connectivity index (χ3v) is 14.4. The number of hydrogen-bond acceptors (Lipinski definition) is 6. The Hall–Kier alpha value is -2.11. The van der Waals surface area contributed by atoms with Crippen molar-refractivity contribution in [2.75, 3.05) is 13.2 Å². The molecule has 1 atom stereocenters. The van der Waals surface area contributed by atoms with Gasteiger partial charge in [0.2, 0.25) is 0 Å². The normalized spacial score (nSPS) is 12.1. The molecule has 0 aromatic heterocycles. The van der Waals surface area contributed by atoms with Gasteiger partial charge >= 0.3 is 17.9 Å². The van der Waals surface area contributed by atoms with Crippen LogP contribution in [0.25, 0.3) is 0 Å². The van der Waals surface area contributed by atoms with Crippen molar-refractivity contribution in [3.63, 3.8) is 0 Å². The van der Waals surface area contributed by atoms with Gasteiger partial charge in [-0.2, -0.15) is 0 Å². The summed E-state index contributed by atoms with van der Waals surface area (Å²) in [5.74, 6) is -0.858. The first kappa shape index (κ1) is 68.9. The van der Waals surface area contributed by atoms with Crippen molar-refractivity contribution in [2.45, 2.75) is 361 Å². The van der Waals surface area contributed by atoms with Crippen LogP contribution in [-0.2, 0) is 28.6 Å². The van der Waals surface area contributed by atoms with Crippen LogP contribution in [-0.4, -0.2) is 37.2 Å². The lowest BCUT2D eigenvalue weighted by atomic mass is 10.0. The zero-order valence-corrected chi connectivity index (χ0v) is 48.0. The third kappa shape index (κ3) is 58.7. The molecule has 1 unspecified atom stereocenters. The first-order valence-corrected chi connectivity index (χ1v) is 31.8. The van der Waals surface area contributed by atoms with Crippen molar-refractivity contribution >= 4 is 17.9 Å². The number of ether oxygens (including phenoxy) is 3. The minimum Gasteiger partial charge on any atom is -0.462 e. The Morgan fingerprint density at radius 3 is 0.831 bits per heavy atom. The average Bonchev–Trinajstić information content (AvgIpc) is 3.37. The Morgan fingerprint density at radius 1 is 0.282 bits per heavy atom. The SMILES string of the molecule is CCC/C=C\C/C=C\CCCCCCCC(=O)OCC(COC(=O)CCCCCCCCCCCCCCCCCCCCCCCCC)OC(=O)CCCCCCCCCCCCCCCCCCC. The smallest absolute Gasteiger partial charge is 0.306 e. The van der Waals surface area contributed by atoms with Gasteiger partial charge in [-0.05, 0) is 44.9 Å². The molecule has 0 heterocycles. The molecular weight excluding hydrogens is 877 g/mol. The molecule has 0 aliphatic heterocycles. The Balaban J connectivity index is 4.24. The highest BCUT2D eigenvalue weighted by molar-refractivity contribution is 5.71. The molecule has 6 heteroatoms. The van der Waals surface area contributed by atoms with Crippen molar-refractivity contribution in [3.05, 3.63) is 24.3 Å². The molecule has 418 valence electrons. The zero-order valence-electron chi connectivity index (χ0n) is 48.0. The second kappa shape index (κ2) is 60.4. The number of carbonyl (C=O) groups is 3. The summed E-state index contributed by atoms with van der Waals surface area (Å²) in [5.41, 5.74) is 0. The lowest BCUT2D eigenvalue weighted by molar-refractivity contribution is -0.167.